The Morgan fingerprint density at radius 2 is 1.93 bits per heavy atom. The number of esters is 1. The van der Waals surface area contributed by atoms with Gasteiger partial charge in [0.15, 0.2) is 0 Å². The van der Waals surface area contributed by atoms with Crippen molar-refractivity contribution in [3.8, 4) is 0 Å². The van der Waals surface area contributed by atoms with Gasteiger partial charge in [-0.2, -0.15) is 0 Å². The molecule has 3 atom stereocenters. The highest BCUT2D eigenvalue weighted by atomic mass is 79.9. The quantitative estimate of drug-likeness (QED) is 0.391. The number of β-lactam (4-membered cyclic amide) rings is 1. The lowest BCUT2D eigenvalue weighted by Gasteiger charge is -2.49. The van der Waals surface area contributed by atoms with Gasteiger partial charge in [-0.1, -0.05) is 46.3 Å². The number of amides is 2. The Bertz CT molecular complexity index is 894. The lowest BCUT2D eigenvalue weighted by molar-refractivity contribution is -0.159. The van der Waals surface area contributed by atoms with Gasteiger partial charge in [0.1, 0.15) is 22.7 Å². The van der Waals surface area contributed by atoms with Crippen molar-refractivity contribution in [2.75, 3.05) is 11.1 Å². The molecule has 1 fully saturated rings. The highest BCUT2D eigenvalue weighted by Gasteiger charge is 2.57. The monoisotopic (exact) mass is 482 g/mol. The summed E-state index contributed by atoms with van der Waals surface area (Å²) in [5.41, 5.74) is 0.760. The van der Waals surface area contributed by atoms with E-state index in [1.165, 1.54) is 4.90 Å². The van der Waals surface area contributed by atoms with Crippen LogP contribution in [-0.2, 0) is 36.3 Å². The van der Waals surface area contributed by atoms with E-state index >= 15 is 0 Å². The molecule has 0 bridgehead atoms. The van der Waals surface area contributed by atoms with E-state index in [0.29, 0.717) is 10.9 Å². The summed E-state index contributed by atoms with van der Waals surface area (Å²) in [5, 5.41) is 2.20. The van der Waals surface area contributed by atoms with Gasteiger partial charge in [-0.25, -0.2) is 4.79 Å². The molecule has 1 aromatic rings. The molecule has 29 heavy (non-hydrogen) atoms. The van der Waals surface area contributed by atoms with Gasteiger partial charge in [0.25, 0.3) is 5.91 Å². The molecular formula is C20H23BrN2O5S. The highest BCUT2D eigenvalue weighted by molar-refractivity contribution is 9.09. The standard InChI is InChI=1S/C20H23BrN2O5S/c1-20(2,3)28-19(26)16-13(10-21)11-29(27)18-15(17(25)23(16)18)22-14(24)9-12-7-5-4-6-8-12/h4-8,15,18H,9-11H2,1-3H3,(H,22,24)/t15?,18-,29?/m0/s1. The van der Waals surface area contributed by atoms with Crippen LogP contribution in [0.25, 0.3) is 0 Å². The molecule has 156 valence electrons. The topological polar surface area (TPSA) is 92.8 Å². The number of fused-ring (bicyclic) bond motifs is 1. The molecule has 2 amide bonds. The van der Waals surface area contributed by atoms with E-state index < -0.39 is 39.7 Å². The number of hydrogen-bond donors (Lipinski definition) is 1. The van der Waals surface area contributed by atoms with Crippen LogP contribution in [0.1, 0.15) is 26.3 Å². The Kier molecular flexibility index (Phi) is 6.28. The molecule has 0 saturated carbocycles. The third-order valence-electron chi connectivity index (χ3n) is 4.48. The fraction of sp³-hybridized carbons (Fsp3) is 0.450. The largest absolute Gasteiger partial charge is 0.455 e. The number of ether oxygens (including phenoxy) is 1. The van der Waals surface area contributed by atoms with Crippen molar-refractivity contribution in [1.29, 1.82) is 0 Å². The van der Waals surface area contributed by atoms with Crippen molar-refractivity contribution in [2.24, 2.45) is 0 Å². The van der Waals surface area contributed by atoms with Crippen LogP contribution >= 0.6 is 15.9 Å². The Balaban J connectivity index is 1.78. The summed E-state index contributed by atoms with van der Waals surface area (Å²) >= 11 is 3.30. The van der Waals surface area contributed by atoms with Crippen molar-refractivity contribution < 1.29 is 23.3 Å². The number of alkyl halides is 1. The van der Waals surface area contributed by atoms with Crippen LogP contribution in [0.3, 0.4) is 0 Å². The van der Waals surface area contributed by atoms with E-state index in [4.69, 9.17) is 4.74 Å². The molecule has 1 saturated heterocycles. The molecule has 2 heterocycles. The van der Waals surface area contributed by atoms with E-state index in [1.807, 2.05) is 30.3 Å². The first kappa shape index (κ1) is 21.7. The maximum absolute atomic E-state index is 12.8. The Morgan fingerprint density at radius 3 is 2.52 bits per heavy atom. The minimum Gasteiger partial charge on any atom is -0.455 e. The van der Waals surface area contributed by atoms with Crippen LogP contribution in [0.5, 0.6) is 0 Å². The van der Waals surface area contributed by atoms with E-state index in [2.05, 4.69) is 21.2 Å². The summed E-state index contributed by atoms with van der Waals surface area (Å²) in [6.07, 6.45) is 0.116. The number of nitrogens with zero attached hydrogens (tertiary/aromatic N) is 1. The molecule has 0 spiro atoms. The van der Waals surface area contributed by atoms with Crippen LogP contribution in [-0.4, -0.2) is 55.0 Å². The van der Waals surface area contributed by atoms with Crippen molar-refractivity contribution in [3.63, 3.8) is 0 Å². The van der Waals surface area contributed by atoms with Gasteiger partial charge in [-0.3, -0.25) is 18.7 Å². The second-order valence-corrected chi connectivity index (χ2v) is 10.0. The highest BCUT2D eigenvalue weighted by Crippen LogP contribution is 2.36. The van der Waals surface area contributed by atoms with Gasteiger partial charge in [-0.15, -0.1) is 0 Å². The first-order chi connectivity index (χ1) is 13.6. The van der Waals surface area contributed by atoms with Gasteiger partial charge in [0.05, 0.1) is 23.0 Å². The van der Waals surface area contributed by atoms with Crippen molar-refractivity contribution in [2.45, 2.75) is 44.2 Å². The minimum absolute atomic E-state index is 0.116. The molecule has 3 rings (SSSR count). The third-order valence-corrected chi connectivity index (χ3v) is 6.81. The zero-order valence-corrected chi connectivity index (χ0v) is 18.8. The number of rotatable bonds is 5. The minimum atomic E-state index is -1.44. The molecule has 7 nitrogen and oxygen atoms in total. The number of carbonyl (C=O) groups is 3. The zero-order valence-electron chi connectivity index (χ0n) is 16.4. The predicted octanol–water partition coefficient (Wildman–Crippen LogP) is 1.64. The zero-order chi connectivity index (χ0) is 21.3. The van der Waals surface area contributed by atoms with Crippen molar-refractivity contribution in [1.82, 2.24) is 10.2 Å². The Morgan fingerprint density at radius 1 is 1.28 bits per heavy atom. The van der Waals surface area contributed by atoms with Crippen LogP contribution in [0, 0.1) is 0 Å². The molecule has 2 aliphatic rings. The van der Waals surface area contributed by atoms with Gasteiger partial charge >= 0.3 is 5.97 Å². The molecule has 0 radical (unpaired) electrons. The number of halogens is 1. The summed E-state index contributed by atoms with van der Waals surface area (Å²) < 4.78 is 18.2. The number of hydrogen-bond acceptors (Lipinski definition) is 5. The smallest absolute Gasteiger partial charge is 0.355 e. The van der Waals surface area contributed by atoms with Crippen molar-refractivity contribution in [3.05, 3.63) is 47.2 Å². The fourth-order valence-corrected chi connectivity index (χ4v) is 5.69. The average molecular weight is 483 g/mol. The first-order valence-corrected chi connectivity index (χ1v) is 11.7. The van der Waals surface area contributed by atoms with Gasteiger partial charge in [0.2, 0.25) is 5.91 Å². The summed E-state index contributed by atoms with van der Waals surface area (Å²) in [5.74, 6) is -1.28. The summed E-state index contributed by atoms with van der Waals surface area (Å²) in [6, 6.07) is 8.23. The normalized spacial score (nSPS) is 23.9. The summed E-state index contributed by atoms with van der Waals surface area (Å²) in [6.45, 7) is 5.22. The maximum Gasteiger partial charge on any atom is 0.355 e. The first-order valence-electron chi connectivity index (χ1n) is 9.17. The SMILES string of the molecule is CC(C)(C)OC(=O)C1=C(CBr)CS(=O)[C@H]2C(NC(=O)Cc3ccccc3)C(=O)N12. The van der Waals surface area contributed by atoms with Gasteiger partial charge < -0.3 is 10.1 Å². The van der Waals surface area contributed by atoms with E-state index in [1.54, 1.807) is 20.8 Å². The molecule has 9 heteroatoms. The molecule has 1 N–H and O–H groups in total. The van der Waals surface area contributed by atoms with Crippen LogP contribution in [0.15, 0.2) is 41.6 Å². The van der Waals surface area contributed by atoms with Crippen LogP contribution < -0.4 is 5.32 Å². The van der Waals surface area contributed by atoms with Gasteiger partial charge in [-0.05, 0) is 31.9 Å². The van der Waals surface area contributed by atoms with Crippen LogP contribution in [0.4, 0.5) is 0 Å². The second kappa shape index (κ2) is 8.39. The van der Waals surface area contributed by atoms with E-state index in [0.717, 1.165) is 5.56 Å². The lowest BCUT2D eigenvalue weighted by atomic mass is 10.0. The number of nitrogens with one attached hydrogen (secondary N) is 1. The van der Waals surface area contributed by atoms with Gasteiger partial charge in [0, 0.05) is 5.33 Å². The van der Waals surface area contributed by atoms with E-state index in [-0.39, 0.29) is 23.8 Å². The number of carbonyl (C=O) groups excluding carboxylic acids is 3. The summed E-state index contributed by atoms with van der Waals surface area (Å²) in [4.78, 5) is 39.1. The van der Waals surface area contributed by atoms with E-state index in [9.17, 15) is 18.6 Å². The summed E-state index contributed by atoms with van der Waals surface area (Å²) in [7, 11) is -1.44. The second-order valence-electron chi connectivity index (χ2n) is 7.92. The lowest BCUT2D eigenvalue weighted by Crippen LogP contribution is -2.73. The molecule has 0 aromatic heterocycles. The van der Waals surface area contributed by atoms with Crippen molar-refractivity contribution >= 4 is 44.5 Å². The molecule has 2 aliphatic heterocycles. The maximum atomic E-state index is 12.8. The van der Waals surface area contributed by atoms with Crippen LogP contribution in [0.2, 0.25) is 0 Å². The third kappa shape index (κ3) is 4.61. The number of benzene rings is 1. The average Bonchev–Trinajstić information content (AvgIpc) is 2.64. The molecule has 2 unspecified atom stereocenters. The fourth-order valence-electron chi connectivity index (χ4n) is 3.28. The molecule has 0 aliphatic carbocycles. The Hall–Kier alpha value is -2.00. The Labute approximate surface area is 180 Å². The molecule has 1 aromatic carbocycles. The predicted molar refractivity (Wildman–Crippen MR) is 112 cm³/mol. The molecular weight excluding hydrogens is 460 g/mol.